The Balaban J connectivity index is 2.28. The highest BCUT2D eigenvalue weighted by atomic mass is 19.1. The Morgan fingerprint density at radius 1 is 1.24 bits per heavy atom. The molecular formula is C14H11FN2O4. The molecule has 0 amide bonds. The van der Waals surface area contributed by atoms with Crippen LogP contribution in [0.1, 0.15) is 15.9 Å². The number of carboxylic acid groups (broad SMARTS) is 1. The van der Waals surface area contributed by atoms with E-state index in [1.54, 1.807) is 12.1 Å². The van der Waals surface area contributed by atoms with Gasteiger partial charge >= 0.3 is 5.97 Å². The van der Waals surface area contributed by atoms with E-state index >= 15 is 0 Å². The van der Waals surface area contributed by atoms with Crippen molar-refractivity contribution >= 4 is 17.3 Å². The number of carbonyl (C=O) groups is 1. The van der Waals surface area contributed by atoms with Gasteiger partial charge in [0.25, 0.3) is 5.69 Å². The Morgan fingerprint density at radius 2 is 1.95 bits per heavy atom. The summed E-state index contributed by atoms with van der Waals surface area (Å²) < 4.78 is 13.5. The maximum Gasteiger partial charge on any atom is 0.340 e. The van der Waals surface area contributed by atoms with Crippen molar-refractivity contribution in [1.29, 1.82) is 0 Å². The summed E-state index contributed by atoms with van der Waals surface area (Å²) >= 11 is 0. The summed E-state index contributed by atoms with van der Waals surface area (Å²) in [6, 6.07) is 9.87. The van der Waals surface area contributed by atoms with Gasteiger partial charge in [-0.15, -0.1) is 0 Å². The Labute approximate surface area is 119 Å². The van der Waals surface area contributed by atoms with Gasteiger partial charge in [0.05, 0.1) is 10.6 Å². The molecule has 2 aromatic carbocycles. The van der Waals surface area contributed by atoms with Crippen molar-refractivity contribution in [2.75, 3.05) is 5.32 Å². The third kappa shape index (κ3) is 3.14. The third-order valence-corrected chi connectivity index (χ3v) is 2.89. The van der Waals surface area contributed by atoms with Crippen LogP contribution in [0.4, 0.5) is 15.8 Å². The average molecular weight is 290 g/mol. The van der Waals surface area contributed by atoms with E-state index < -0.39 is 22.3 Å². The third-order valence-electron chi connectivity index (χ3n) is 2.89. The zero-order valence-corrected chi connectivity index (χ0v) is 10.7. The van der Waals surface area contributed by atoms with E-state index in [-0.39, 0.29) is 17.9 Å². The lowest BCUT2D eigenvalue weighted by Crippen LogP contribution is -2.09. The van der Waals surface area contributed by atoms with Crippen LogP contribution in [-0.2, 0) is 6.54 Å². The number of hydrogen-bond acceptors (Lipinski definition) is 4. The van der Waals surface area contributed by atoms with Gasteiger partial charge in [-0.1, -0.05) is 24.3 Å². The van der Waals surface area contributed by atoms with Crippen LogP contribution >= 0.6 is 0 Å². The Morgan fingerprint density at radius 3 is 2.62 bits per heavy atom. The molecule has 0 fully saturated rings. The summed E-state index contributed by atoms with van der Waals surface area (Å²) in [5.41, 5.74) is -0.127. The zero-order valence-electron chi connectivity index (χ0n) is 10.7. The molecule has 0 aromatic heterocycles. The van der Waals surface area contributed by atoms with Crippen molar-refractivity contribution in [3.05, 3.63) is 69.5 Å². The highest BCUT2D eigenvalue weighted by Crippen LogP contribution is 2.22. The molecule has 0 saturated heterocycles. The van der Waals surface area contributed by atoms with Crippen molar-refractivity contribution in [1.82, 2.24) is 0 Å². The summed E-state index contributed by atoms with van der Waals surface area (Å²) in [7, 11) is 0. The van der Waals surface area contributed by atoms with Crippen LogP contribution in [-0.4, -0.2) is 16.0 Å². The summed E-state index contributed by atoms with van der Waals surface area (Å²) in [5.74, 6) is -2.27. The number of halogens is 1. The van der Waals surface area contributed by atoms with Crippen molar-refractivity contribution in [3.8, 4) is 0 Å². The number of aromatic carboxylic acids is 1. The van der Waals surface area contributed by atoms with Crippen LogP contribution in [0.25, 0.3) is 0 Å². The molecule has 2 N–H and O–H groups in total. The van der Waals surface area contributed by atoms with Crippen LogP contribution in [0.2, 0.25) is 0 Å². The lowest BCUT2D eigenvalue weighted by Gasteiger charge is -2.10. The maximum atomic E-state index is 13.5. The van der Waals surface area contributed by atoms with E-state index in [1.807, 2.05) is 0 Å². The summed E-state index contributed by atoms with van der Waals surface area (Å²) in [4.78, 5) is 21.4. The largest absolute Gasteiger partial charge is 0.478 e. The first-order valence-electron chi connectivity index (χ1n) is 5.98. The molecule has 0 spiro atoms. The molecule has 6 nitrogen and oxygen atoms in total. The van der Waals surface area contributed by atoms with Crippen molar-refractivity contribution in [2.45, 2.75) is 6.54 Å². The minimum absolute atomic E-state index is 0.0148. The van der Waals surface area contributed by atoms with Gasteiger partial charge in [-0.25, -0.2) is 9.18 Å². The fourth-order valence-electron chi connectivity index (χ4n) is 1.92. The summed E-state index contributed by atoms with van der Waals surface area (Å²) in [6.07, 6.45) is 0. The van der Waals surface area contributed by atoms with Gasteiger partial charge in [0, 0.05) is 18.2 Å². The topological polar surface area (TPSA) is 92.5 Å². The quantitative estimate of drug-likeness (QED) is 0.652. The zero-order chi connectivity index (χ0) is 15.4. The van der Waals surface area contributed by atoms with Crippen molar-refractivity contribution in [3.63, 3.8) is 0 Å². The molecule has 21 heavy (non-hydrogen) atoms. The maximum absolute atomic E-state index is 13.5. The van der Waals surface area contributed by atoms with Gasteiger partial charge in [-0.2, -0.15) is 0 Å². The number of nitrogens with zero attached hydrogens (tertiary/aromatic N) is 1. The summed E-state index contributed by atoms with van der Waals surface area (Å²) in [6.45, 7) is 0.0148. The van der Waals surface area contributed by atoms with Crippen LogP contribution < -0.4 is 5.32 Å². The number of anilines is 1. The molecule has 0 aliphatic carbocycles. The second kappa shape index (κ2) is 6.00. The van der Waals surface area contributed by atoms with E-state index in [9.17, 15) is 19.3 Å². The van der Waals surface area contributed by atoms with Crippen LogP contribution in [0.15, 0.2) is 42.5 Å². The van der Waals surface area contributed by atoms with Crippen molar-refractivity contribution < 1.29 is 19.2 Å². The first-order valence-corrected chi connectivity index (χ1v) is 5.98. The van der Waals surface area contributed by atoms with Gasteiger partial charge in [0.15, 0.2) is 0 Å². The van der Waals surface area contributed by atoms with Gasteiger partial charge in [0.1, 0.15) is 11.4 Å². The minimum atomic E-state index is -1.40. The number of para-hydroxylation sites is 1. The molecule has 0 unspecified atom stereocenters. The number of hydrogen-bond donors (Lipinski definition) is 2. The molecule has 0 heterocycles. The molecule has 0 aliphatic rings. The fourth-order valence-corrected chi connectivity index (χ4v) is 1.92. The fraction of sp³-hybridized carbons (Fsp3) is 0.0714. The standard InChI is InChI=1S/C14H11FN2O4/c15-10-5-3-6-11(13(10)14(18)19)16-8-9-4-1-2-7-12(9)17(20)21/h1-7,16H,8H2,(H,18,19). The second-order valence-corrected chi connectivity index (χ2v) is 4.21. The Bertz CT molecular complexity index is 703. The smallest absolute Gasteiger partial charge is 0.340 e. The van der Waals surface area contributed by atoms with Gasteiger partial charge in [0.2, 0.25) is 0 Å². The van der Waals surface area contributed by atoms with E-state index in [4.69, 9.17) is 5.11 Å². The lowest BCUT2D eigenvalue weighted by atomic mass is 10.1. The number of nitrogens with one attached hydrogen (secondary N) is 1. The highest BCUT2D eigenvalue weighted by Gasteiger charge is 2.17. The number of carboxylic acids is 1. The lowest BCUT2D eigenvalue weighted by molar-refractivity contribution is -0.385. The molecule has 2 aromatic rings. The summed E-state index contributed by atoms with van der Waals surface area (Å²) in [5, 5.41) is 22.6. The predicted molar refractivity (Wildman–Crippen MR) is 73.8 cm³/mol. The molecule has 2 rings (SSSR count). The van der Waals surface area contributed by atoms with E-state index in [0.717, 1.165) is 6.07 Å². The molecule has 0 saturated carbocycles. The monoisotopic (exact) mass is 290 g/mol. The van der Waals surface area contributed by atoms with E-state index in [2.05, 4.69) is 5.32 Å². The SMILES string of the molecule is O=C(O)c1c(F)cccc1NCc1ccccc1[N+](=O)[O-]. The molecule has 0 atom stereocenters. The number of rotatable bonds is 5. The highest BCUT2D eigenvalue weighted by molar-refractivity contribution is 5.94. The average Bonchev–Trinajstić information content (AvgIpc) is 2.44. The second-order valence-electron chi connectivity index (χ2n) is 4.21. The van der Waals surface area contributed by atoms with Gasteiger partial charge < -0.3 is 10.4 Å². The first-order chi connectivity index (χ1) is 10.0. The van der Waals surface area contributed by atoms with Crippen LogP contribution in [0, 0.1) is 15.9 Å². The Hall–Kier alpha value is -2.96. The normalized spacial score (nSPS) is 10.1. The van der Waals surface area contributed by atoms with Crippen LogP contribution in [0.3, 0.4) is 0 Å². The van der Waals surface area contributed by atoms with Crippen molar-refractivity contribution in [2.24, 2.45) is 0 Å². The number of nitro groups is 1. The molecule has 0 radical (unpaired) electrons. The molecule has 108 valence electrons. The molecule has 0 aliphatic heterocycles. The Kier molecular flexibility index (Phi) is 4.13. The molecular weight excluding hydrogens is 279 g/mol. The molecule has 7 heteroatoms. The minimum Gasteiger partial charge on any atom is -0.478 e. The number of nitro benzene ring substituents is 1. The molecule has 0 bridgehead atoms. The van der Waals surface area contributed by atoms with E-state index in [1.165, 1.54) is 24.3 Å². The predicted octanol–water partition coefficient (Wildman–Crippen LogP) is 3.04. The first kappa shape index (κ1) is 14.4. The van der Waals surface area contributed by atoms with E-state index in [0.29, 0.717) is 5.56 Å². The van der Waals surface area contributed by atoms with Crippen LogP contribution in [0.5, 0.6) is 0 Å². The van der Waals surface area contributed by atoms with Gasteiger partial charge in [-0.3, -0.25) is 10.1 Å². The number of benzene rings is 2. The van der Waals surface area contributed by atoms with Gasteiger partial charge in [-0.05, 0) is 12.1 Å².